The standard InChI is InChI=1S/C28H24/c1-21-9-3-5-11-23(21)15-17-27-19-25-13-7-8-14-26(25)20-28(27)18-16-24-12-6-4-10-22(24)2/h3-20H,1-2H3. The van der Waals surface area contributed by atoms with Gasteiger partial charge in [0.1, 0.15) is 0 Å². The number of hydrogen-bond acceptors (Lipinski definition) is 0. The first-order valence-electron chi connectivity index (χ1n) is 9.71. The minimum absolute atomic E-state index is 1.23. The van der Waals surface area contributed by atoms with Crippen molar-refractivity contribution in [2.45, 2.75) is 13.8 Å². The van der Waals surface area contributed by atoms with Crippen molar-refractivity contribution >= 4 is 35.1 Å². The van der Waals surface area contributed by atoms with Gasteiger partial charge in [0.05, 0.1) is 0 Å². The Balaban J connectivity index is 1.79. The van der Waals surface area contributed by atoms with E-state index in [1.807, 2.05) is 0 Å². The molecule has 0 bridgehead atoms. The molecule has 0 atom stereocenters. The Labute approximate surface area is 167 Å². The van der Waals surface area contributed by atoms with Crippen LogP contribution in [0.25, 0.3) is 35.1 Å². The molecule has 0 N–H and O–H groups in total. The van der Waals surface area contributed by atoms with E-state index in [2.05, 4.69) is 123 Å². The zero-order chi connectivity index (χ0) is 19.3. The van der Waals surface area contributed by atoms with E-state index in [0.29, 0.717) is 0 Å². The van der Waals surface area contributed by atoms with Crippen LogP contribution < -0.4 is 0 Å². The molecule has 4 aromatic rings. The molecule has 0 radical (unpaired) electrons. The fraction of sp³-hybridized carbons (Fsp3) is 0.0714. The van der Waals surface area contributed by atoms with E-state index < -0.39 is 0 Å². The number of hydrogen-bond donors (Lipinski definition) is 0. The maximum atomic E-state index is 2.28. The van der Waals surface area contributed by atoms with Crippen LogP contribution in [0.2, 0.25) is 0 Å². The summed E-state index contributed by atoms with van der Waals surface area (Å²) >= 11 is 0. The summed E-state index contributed by atoms with van der Waals surface area (Å²) in [6.07, 6.45) is 8.88. The lowest BCUT2D eigenvalue weighted by Crippen LogP contribution is -1.85. The first kappa shape index (κ1) is 18.0. The first-order chi connectivity index (χ1) is 13.7. The minimum atomic E-state index is 1.23. The molecule has 0 aliphatic carbocycles. The maximum Gasteiger partial charge on any atom is -0.0177 e. The minimum Gasteiger partial charge on any atom is -0.0620 e. The van der Waals surface area contributed by atoms with Crippen LogP contribution in [0.3, 0.4) is 0 Å². The van der Waals surface area contributed by atoms with Gasteiger partial charge in [0.25, 0.3) is 0 Å². The van der Waals surface area contributed by atoms with Gasteiger partial charge in [-0.15, -0.1) is 0 Å². The third kappa shape index (κ3) is 3.97. The summed E-state index contributed by atoms with van der Waals surface area (Å²) in [6, 6.07) is 30.1. The highest BCUT2D eigenvalue weighted by atomic mass is 14.1. The van der Waals surface area contributed by atoms with Gasteiger partial charge in [-0.25, -0.2) is 0 Å². The Morgan fingerprint density at radius 2 is 0.786 bits per heavy atom. The van der Waals surface area contributed by atoms with Crippen molar-refractivity contribution < 1.29 is 0 Å². The van der Waals surface area contributed by atoms with Gasteiger partial charge >= 0.3 is 0 Å². The van der Waals surface area contributed by atoms with Gasteiger partial charge in [-0.2, -0.15) is 0 Å². The molecule has 4 aromatic carbocycles. The lowest BCUT2D eigenvalue weighted by Gasteiger charge is -2.07. The molecular weight excluding hydrogens is 336 g/mol. The summed E-state index contributed by atoms with van der Waals surface area (Å²) in [6.45, 7) is 4.30. The summed E-state index contributed by atoms with van der Waals surface area (Å²) in [5.74, 6) is 0. The van der Waals surface area contributed by atoms with Crippen LogP contribution in [-0.2, 0) is 0 Å². The number of rotatable bonds is 4. The van der Waals surface area contributed by atoms with Crippen LogP contribution in [0.1, 0.15) is 33.4 Å². The third-order valence-electron chi connectivity index (χ3n) is 5.21. The number of fused-ring (bicyclic) bond motifs is 1. The molecule has 0 spiro atoms. The van der Waals surface area contributed by atoms with E-state index in [1.165, 1.54) is 44.2 Å². The Morgan fingerprint density at radius 1 is 0.429 bits per heavy atom. The lowest BCUT2D eigenvalue weighted by atomic mass is 9.98. The molecule has 0 aromatic heterocycles. The zero-order valence-corrected chi connectivity index (χ0v) is 16.4. The van der Waals surface area contributed by atoms with Gasteiger partial charge in [-0.1, -0.05) is 97.1 Å². The maximum absolute atomic E-state index is 2.28. The lowest BCUT2D eigenvalue weighted by molar-refractivity contribution is 1.44. The van der Waals surface area contributed by atoms with Crippen molar-refractivity contribution in [3.8, 4) is 0 Å². The second-order valence-electron chi connectivity index (χ2n) is 7.21. The third-order valence-corrected chi connectivity index (χ3v) is 5.21. The van der Waals surface area contributed by atoms with Gasteiger partial charge in [-0.05, 0) is 70.1 Å². The van der Waals surface area contributed by atoms with E-state index in [1.54, 1.807) is 0 Å². The highest BCUT2D eigenvalue weighted by molar-refractivity contribution is 5.91. The predicted octanol–water partition coefficient (Wildman–Crippen LogP) is 7.80. The summed E-state index contributed by atoms with van der Waals surface area (Å²) in [5, 5.41) is 2.53. The molecule has 0 heterocycles. The Morgan fingerprint density at radius 3 is 1.21 bits per heavy atom. The predicted molar refractivity (Wildman–Crippen MR) is 124 cm³/mol. The summed E-state index contributed by atoms with van der Waals surface area (Å²) < 4.78 is 0. The zero-order valence-electron chi connectivity index (χ0n) is 16.4. The van der Waals surface area contributed by atoms with Gasteiger partial charge in [-0.3, -0.25) is 0 Å². The van der Waals surface area contributed by atoms with Crippen molar-refractivity contribution in [2.24, 2.45) is 0 Å². The molecule has 4 rings (SSSR count). The van der Waals surface area contributed by atoms with E-state index in [0.717, 1.165) is 0 Å². The van der Waals surface area contributed by atoms with E-state index >= 15 is 0 Å². The van der Waals surface area contributed by atoms with Crippen molar-refractivity contribution in [1.29, 1.82) is 0 Å². The molecule has 0 aliphatic heterocycles. The van der Waals surface area contributed by atoms with Crippen LogP contribution in [-0.4, -0.2) is 0 Å². The van der Waals surface area contributed by atoms with E-state index in [-0.39, 0.29) is 0 Å². The van der Waals surface area contributed by atoms with Crippen LogP contribution in [0.5, 0.6) is 0 Å². The quantitative estimate of drug-likeness (QED) is 0.326. The molecule has 0 aliphatic rings. The highest BCUT2D eigenvalue weighted by Crippen LogP contribution is 2.25. The van der Waals surface area contributed by atoms with Crippen LogP contribution in [0, 0.1) is 13.8 Å². The summed E-state index contributed by atoms with van der Waals surface area (Å²) in [7, 11) is 0. The summed E-state index contributed by atoms with van der Waals surface area (Å²) in [5.41, 5.74) is 7.54. The molecule has 136 valence electrons. The van der Waals surface area contributed by atoms with Crippen molar-refractivity contribution in [3.63, 3.8) is 0 Å². The monoisotopic (exact) mass is 360 g/mol. The fourth-order valence-electron chi connectivity index (χ4n) is 3.47. The molecule has 0 amide bonds. The van der Waals surface area contributed by atoms with Crippen LogP contribution in [0.15, 0.2) is 84.9 Å². The molecule has 28 heavy (non-hydrogen) atoms. The SMILES string of the molecule is Cc1ccccc1C=Cc1cc2ccccc2cc1C=Cc1ccccc1C. The Kier molecular flexibility index (Phi) is 5.21. The number of aryl methyl sites for hydroxylation is 2. The van der Waals surface area contributed by atoms with Crippen molar-refractivity contribution in [2.75, 3.05) is 0 Å². The molecule has 0 heteroatoms. The average molecular weight is 361 g/mol. The van der Waals surface area contributed by atoms with E-state index in [9.17, 15) is 0 Å². The Hall–Kier alpha value is -3.38. The van der Waals surface area contributed by atoms with Crippen molar-refractivity contribution in [1.82, 2.24) is 0 Å². The first-order valence-corrected chi connectivity index (χ1v) is 9.71. The molecular formula is C28H24. The van der Waals surface area contributed by atoms with Crippen molar-refractivity contribution in [3.05, 3.63) is 118 Å². The average Bonchev–Trinajstić information content (AvgIpc) is 2.72. The van der Waals surface area contributed by atoms with Gasteiger partial charge in [0.2, 0.25) is 0 Å². The fourth-order valence-corrected chi connectivity index (χ4v) is 3.47. The van der Waals surface area contributed by atoms with Gasteiger partial charge in [0, 0.05) is 0 Å². The number of benzene rings is 4. The molecule has 0 unspecified atom stereocenters. The second-order valence-corrected chi connectivity index (χ2v) is 7.21. The highest BCUT2D eigenvalue weighted by Gasteiger charge is 2.02. The normalized spacial score (nSPS) is 11.6. The van der Waals surface area contributed by atoms with Gasteiger partial charge in [0.15, 0.2) is 0 Å². The van der Waals surface area contributed by atoms with Crippen LogP contribution >= 0.6 is 0 Å². The molecule has 0 nitrogen and oxygen atoms in total. The topological polar surface area (TPSA) is 0 Å². The molecule has 0 saturated heterocycles. The van der Waals surface area contributed by atoms with Crippen LogP contribution in [0.4, 0.5) is 0 Å². The molecule has 0 saturated carbocycles. The Bertz CT molecular complexity index is 1080. The second kappa shape index (κ2) is 8.10. The van der Waals surface area contributed by atoms with E-state index in [4.69, 9.17) is 0 Å². The summed E-state index contributed by atoms with van der Waals surface area (Å²) in [4.78, 5) is 0. The van der Waals surface area contributed by atoms with Gasteiger partial charge < -0.3 is 0 Å². The molecule has 0 fully saturated rings. The smallest absolute Gasteiger partial charge is 0.0177 e. The largest absolute Gasteiger partial charge is 0.0620 e.